The molecule has 0 aliphatic heterocycles. The van der Waals surface area contributed by atoms with Crippen molar-refractivity contribution < 1.29 is 49.3 Å². The molecule has 42 heavy (non-hydrogen) atoms. The second-order valence-electron chi connectivity index (χ2n) is 11.1. The standard InChI is InChI=1S/C31H34F8O3/c1-2-3-19-4-9-22(10-5-19)30(36,37)41-24-11-6-20(7-12-24)21-8-17-26(27(32)18-21)31(38,39)42-25-15-13-23(14-16-25)40-29(35)28(33)34/h8,13-20,22,24H,2-7,9-12H2,1H3. The van der Waals surface area contributed by atoms with Crippen molar-refractivity contribution in [2.75, 3.05) is 0 Å². The summed E-state index contributed by atoms with van der Waals surface area (Å²) in [7, 11) is 0. The topological polar surface area (TPSA) is 27.7 Å². The van der Waals surface area contributed by atoms with Crippen LogP contribution in [0.25, 0.3) is 0 Å². The molecule has 232 valence electrons. The van der Waals surface area contributed by atoms with Gasteiger partial charge in [-0.25, -0.2) is 4.39 Å². The number of halogens is 8. The molecule has 0 saturated heterocycles. The summed E-state index contributed by atoms with van der Waals surface area (Å²) in [4.78, 5) is 0. The minimum atomic E-state index is -4.09. The second-order valence-corrected chi connectivity index (χ2v) is 11.1. The minimum absolute atomic E-state index is 0.197. The van der Waals surface area contributed by atoms with E-state index >= 15 is 0 Å². The summed E-state index contributed by atoms with van der Waals surface area (Å²) >= 11 is 0. The number of ether oxygens (including phenoxy) is 3. The summed E-state index contributed by atoms with van der Waals surface area (Å²) in [6.07, 6.45) is -4.38. The van der Waals surface area contributed by atoms with E-state index in [9.17, 15) is 35.1 Å². The van der Waals surface area contributed by atoms with Gasteiger partial charge in [-0.05, 0) is 105 Å². The summed E-state index contributed by atoms with van der Waals surface area (Å²) in [6.45, 7) is 2.10. The quantitative estimate of drug-likeness (QED) is 0.188. The minimum Gasteiger partial charge on any atom is -0.429 e. The van der Waals surface area contributed by atoms with Gasteiger partial charge in [0.2, 0.25) is 0 Å². The summed E-state index contributed by atoms with van der Waals surface area (Å²) in [5.41, 5.74) is -0.548. The van der Waals surface area contributed by atoms with Crippen molar-refractivity contribution in [3.8, 4) is 11.5 Å². The fourth-order valence-electron chi connectivity index (χ4n) is 5.97. The number of alkyl halides is 4. The van der Waals surface area contributed by atoms with E-state index in [0.29, 0.717) is 50.0 Å². The van der Waals surface area contributed by atoms with Gasteiger partial charge in [-0.15, -0.1) is 0 Å². The first-order valence-corrected chi connectivity index (χ1v) is 14.3. The van der Waals surface area contributed by atoms with Crippen LogP contribution in [0, 0.1) is 17.7 Å². The van der Waals surface area contributed by atoms with Crippen LogP contribution in [0.3, 0.4) is 0 Å². The Kier molecular flexibility index (Phi) is 10.4. The van der Waals surface area contributed by atoms with Crippen molar-refractivity contribution in [2.24, 2.45) is 11.8 Å². The molecule has 0 radical (unpaired) electrons. The Morgan fingerprint density at radius 1 is 0.810 bits per heavy atom. The Morgan fingerprint density at radius 3 is 2.00 bits per heavy atom. The molecule has 2 aliphatic rings. The van der Waals surface area contributed by atoms with Crippen molar-refractivity contribution in [1.82, 2.24) is 0 Å². The molecule has 0 atom stereocenters. The third kappa shape index (κ3) is 8.17. The molecule has 0 aromatic heterocycles. The Morgan fingerprint density at radius 2 is 1.43 bits per heavy atom. The molecule has 0 spiro atoms. The van der Waals surface area contributed by atoms with Gasteiger partial charge in [0.15, 0.2) is 0 Å². The van der Waals surface area contributed by atoms with E-state index in [1.54, 1.807) is 0 Å². The average molecular weight is 607 g/mol. The van der Waals surface area contributed by atoms with Crippen LogP contribution < -0.4 is 9.47 Å². The number of hydrogen-bond acceptors (Lipinski definition) is 3. The molecule has 2 aromatic rings. The van der Waals surface area contributed by atoms with Gasteiger partial charge in [-0.3, -0.25) is 0 Å². The van der Waals surface area contributed by atoms with Gasteiger partial charge in [0.05, 0.1) is 17.6 Å². The molecular weight excluding hydrogens is 572 g/mol. The monoisotopic (exact) mass is 606 g/mol. The predicted octanol–water partition coefficient (Wildman–Crippen LogP) is 10.6. The van der Waals surface area contributed by atoms with Crippen molar-refractivity contribution in [1.29, 1.82) is 0 Å². The van der Waals surface area contributed by atoms with Gasteiger partial charge < -0.3 is 14.2 Å². The molecule has 0 unspecified atom stereocenters. The maximum atomic E-state index is 14.9. The summed E-state index contributed by atoms with van der Waals surface area (Å²) < 4.78 is 125. The summed E-state index contributed by atoms with van der Waals surface area (Å²) in [5, 5.41) is 0. The van der Waals surface area contributed by atoms with Gasteiger partial charge in [0, 0.05) is 0 Å². The molecule has 2 saturated carbocycles. The lowest BCUT2D eigenvalue weighted by Gasteiger charge is -2.37. The van der Waals surface area contributed by atoms with E-state index in [2.05, 4.69) is 16.4 Å². The van der Waals surface area contributed by atoms with Crippen LogP contribution in [0.5, 0.6) is 11.5 Å². The van der Waals surface area contributed by atoms with Gasteiger partial charge in [-0.1, -0.05) is 25.8 Å². The average Bonchev–Trinajstić information content (AvgIpc) is 2.94. The molecule has 0 bridgehead atoms. The lowest BCUT2D eigenvalue weighted by atomic mass is 9.79. The van der Waals surface area contributed by atoms with Crippen molar-refractivity contribution in [3.63, 3.8) is 0 Å². The molecule has 0 N–H and O–H groups in total. The molecule has 0 amide bonds. The summed E-state index contributed by atoms with van der Waals surface area (Å²) in [5.74, 6) is -2.50. The second kappa shape index (κ2) is 13.7. The molecule has 2 aliphatic carbocycles. The number of hydrogen-bond donors (Lipinski definition) is 0. The highest BCUT2D eigenvalue weighted by Gasteiger charge is 2.45. The number of rotatable bonds is 11. The first-order chi connectivity index (χ1) is 19.9. The Balaban J connectivity index is 1.31. The van der Waals surface area contributed by atoms with Gasteiger partial charge in [-0.2, -0.15) is 30.7 Å². The maximum absolute atomic E-state index is 14.9. The highest BCUT2D eigenvalue weighted by molar-refractivity contribution is 5.34. The van der Waals surface area contributed by atoms with Crippen LogP contribution in [0.15, 0.2) is 54.6 Å². The maximum Gasteiger partial charge on any atom is 0.429 e. The zero-order valence-electron chi connectivity index (χ0n) is 23.2. The van der Waals surface area contributed by atoms with Crippen molar-refractivity contribution in [2.45, 2.75) is 95.4 Å². The van der Waals surface area contributed by atoms with Crippen LogP contribution in [0.4, 0.5) is 35.1 Å². The zero-order chi connectivity index (χ0) is 30.5. The van der Waals surface area contributed by atoms with Crippen LogP contribution in [-0.4, -0.2) is 12.2 Å². The Bertz CT molecular complexity index is 1200. The molecule has 4 rings (SSSR count). The summed E-state index contributed by atoms with van der Waals surface area (Å²) in [6, 6.07) is 4.87. The lowest BCUT2D eigenvalue weighted by molar-refractivity contribution is -0.301. The van der Waals surface area contributed by atoms with E-state index in [-0.39, 0.29) is 11.7 Å². The smallest absolute Gasteiger partial charge is 0.429 e. The SMILES string of the molecule is CCCC1CCC(C(F)(F)OC2CCC(c3ccc(C(F)(F)Oc4ccc(OC(F)=C(F)F)cc4)c(F)c3)CC2)CC1. The molecule has 11 heteroatoms. The van der Waals surface area contributed by atoms with Crippen molar-refractivity contribution >= 4 is 0 Å². The van der Waals surface area contributed by atoms with E-state index in [1.165, 1.54) is 6.07 Å². The predicted molar refractivity (Wildman–Crippen MR) is 140 cm³/mol. The first kappa shape index (κ1) is 32.1. The van der Waals surface area contributed by atoms with Crippen LogP contribution in [-0.2, 0) is 10.8 Å². The molecular formula is C31H34F8O3. The lowest BCUT2D eigenvalue weighted by Crippen LogP contribution is -2.39. The van der Waals surface area contributed by atoms with Crippen LogP contribution >= 0.6 is 0 Å². The first-order valence-electron chi connectivity index (χ1n) is 14.3. The third-order valence-corrected chi connectivity index (χ3v) is 8.22. The van der Waals surface area contributed by atoms with Gasteiger partial charge in [0.25, 0.3) is 0 Å². The largest absolute Gasteiger partial charge is 0.429 e. The van der Waals surface area contributed by atoms with Crippen LogP contribution in [0.2, 0.25) is 0 Å². The van der Waals surface area contributed by atoms with Gasteiger partial charge >= 0.3 is 24.3 Å². The molecule has 2 aromatic carbocycles. The van der Waals surface area contributed by atoms with E-state index in [1.807, 2.05) is 0 Å². The third-order valence-electron chi connectivity index (χ3n) is 8.22. The van der Waals surface area contributed by atoms with E-state index in [4.69, 9.17) is 4.74 Å². The molecule has 2 fully saturated rings. The molecule has 0 heterocycles. The van der Waals surface area contributed by atoms with Crippen LogP contribution in [0.1, 0.15) is 88.2 Å². The number of benzene rings is 2. The van der Waals surface area contributed by atoms with E-state index in [0.717, 1.165) is 62.1 Å². The van der Waals surface area contributed by atoms with Crippen molar-refractivity contribution in [3.05, 3.63) is 71.5 Å². The fraction of sp³-hybridized carbons (Fsp3) is 0.548. The fourth-order valence-corrected chi connectivity index (χ4v) is 5.97. The Labute approximate surface area is 239 Å². The molecule has 3 nitrogen and oxygen atoms in total. The zero-order valence-corrected chi connectivity index (χ0v) is 23.2. The van der Waals surface area contributed by atoms with Gasteiger partial charge in [0.1, 0.15) is 17.3 Å². The highest BCUT2D eigenvalue weighted by Crippen LogP contribution is 2.44. The normalized spacial score (nSPS) is 23.4. The Hall–Kier alpha value is -2.82. The highest BCUT2D eigenvalue weighted by atomic mass is 19.3. The van der Waals surface area contributed by atoms with E-state index < -0.39 is 53.5 Å².